The van der Waals surface area contributed by atoms with Gasteiger partial charge in [0.25, 0.3) is 5.91 Å². The van der Waals surface area contributed by atoms with Crippen molar-refractivity contribution in [3.05, 3.63) is 66.0 Å². The molecule has 1 atom stereocenters. The summed E-state index contributed by atoms with van der Waals surface area (Å²) in [5.74, 6) is 0.0345. The van der Waals surface area contributed by atoms with Crippen LogP contribution in [0.3, 0.4) is 0 Å². The van der Waals surface area contributed by atoms with E-state index in [0.717, 1.165) is 50.9 Å². The molecule has 2 aliphatic rings. The quantitative estimate of drug-likeness (QED) is 0.666. The van der Waals surface area contributed by atoms with Crippen LogP contribution < -0.4 is 4.74 Å². The Balaban J connectivity index is 1.53. The number of amides is 2. The van der Waals surface area contributed by atoms with E-state index >= 15 is 0 Å². The Morgan fingerprint density at radius 3 is 2.31 bits per heavy atom. The zero-order valence-corrected chi connectivity index (χ0v) is 18.5. The summed E-state index contributed by atoms with van der Waals surface area (Å²) in [4.78, 5) is 30.0. The Morgan fingerprint density at radius 1 is 0.875 bits per heavy atom. The first-order valence-electron chi connectivity index (χ1n) is 11.6. The molecule has 2 aliphatic heterocycles. The first kappa shape index (κ1) is 22.3. The second-order valence-corrected chi connectivity index (χ2v) is 9.03. The molecule has 4 rings (SSSR count). The van der Waals surface area contributed by atoms with Crippen LogP contribution in [0.15, 0.2) is 54.6 Å². The van der Waals surface area contributed by atoms with E-state index in [2.05, 4.69) is 0 Å². The lowest BCUT2D eigenvalue weighted by Gasteiger charge is -2.43. The van der Waals surface area contributed by atoms with Crippen molar-refractivity contribution in [1.82, 2.24) is 9.80 Å². The first-order chi connectivity index (χ1) is 15.6. The average molecular weight is 439 g/mol. The van der Waals surface area contributed by atoms with Gasteiger partial charge >= 0.3 is 0 Å². The SMILES string of the molecule is O=C(CC1(COc2ccccc2)CCCN(C(=O)c2ccccc2F)C1)N1CCCCC1. The van der Waals surface area contributed by atoms with Gasteiger partial charge in [-0.25, -0.2) is 4.39 Å². The minimum absolute atomic E-state index is 0.0784. The molecular formula is C26H31FN2O3. The van der Waals surface area contributed by atoms with Crippen LogP contribution in [0.25, 0.3) is 0 Å². The molecule has 0 aliphatic carbocycles. The summed E-state index contributed by atoms with van der Waals surface area (Å²) in [6, 6.07) is 15.6. The molecule has 0 saturated carbocycles. The Labute approximate surface area is 189 Å². The van der Waals surface area contributed by atoms with Crippen LogP contribution >= 0.6 is 0 Å². The van der Waals surface area contributed by atoms with Gasteiger partial charge in [0.05, 0.1) is 12.2 Å². The highest BCUT2D eigenvalue weighted by Gasteiger charge is 2.41. The van der Waals surface area contributed by atoms with Gasteiger partial charge in [0.1, 0.15) is 11.6 Å². The number of halogens is 1. The molecule has 2 heterocycles. The minimum Gasteiger partial charge on any atom is -0.493 e. The van der Waals surface area contributed by atoms with E-state index in [1.807, 2.05) is 35.2 Å². The number of benzene rings is 2. The van der Waals surface area contributed by atoms with Crippen LogP contribution in [-0.4, -0.2) is 54.4 Å². The van der Waals surface area contributed by atoms with Crippen molar-refractivity contribution in [1.29, 1.82) is 0 Å². The molecule has 2 amide bonds. The third kappa shape index (κ3) is 5.29. The third-order valence-electron chi connectivity index (χ3n) is 6.58. The lowest BCUT2D eigenvalue weighted by molar-refractivity contribution is -0.136. The molecular weight excluding hydrogens is 407 g/mol. The largest absolute Gasteiger partial charge is 0.493 e. The highest BCUT2D eigenvalue weighted by molar-refractivity contribution is 5.94. The van der Waals surface area contributed by atoms with Crippen LogP contribution in [0.4, 0.5) is 4.39 Å². The van der Waals surface area contributed by atoms with E-state index in [9.17, 15) is 14.0 Å². The highest BCUT2D eigenvalue weighted by atomic mass is 19.1. The third-order valence-corrected chi connectivity index (χ3v) is 6.58. The van der Waals surface area contributed by atoms with E-state index in [1.165, 1.54) is 12.1 Å². The van der Waals surface area contributed by atoms with Crippen LogP contribution in [0, 0.1) is 11.2 Å². The van der Waals surface area contributed by atoms with Gasteiger partial charge in [-0.3, -0.25) is 9.59 Å². The van der Waals surface area contributed by atoms with Gasteiger partial charge in [-0.15, -0.1) is 0 Å². The van der Waals surface area contributed by atoms with Gasteiger partial charge in [0.2, 0.25) is 5.91 Å². The summed E-state index contributed by atoms with van der Waals surface area (Å²) in [6.07, 6.45) is 5.12. The second kappa shape index (κ2) is 10.2. The van der Waals surface area contributed by atoms with Gasteiger partial charge < -0.3 is 14.5 Å². The van der Waals surface area contributed by atoms with E-state index in [4.69, 9.17) is 4.74 Å². The second-order valence-electron chi connectivity index (χ2n) is 9.03. The summed E-state index contributed by atoms with van der Waals surface area (Å²) in [6.45, 7) is 2.88. The topological polar surface area (TPSA) is 49.9 Å². The fraction of sp³-hybridized carbons (Fsp3) is 0.462. The van der Waals surface area contributed by atoms with Crippen molar-refractivity contribution < 1.29 is 18.7 Å². The van der Waals surface area contributed by atoms with Crippen molar-refractivity contribution >= 4 is 11.8 Å². The van der Waals surface area contributed by atoms with Crippen LogP contribution in [0.5, 0.6) is 5.75 Å². The number of piperidine rings is 2. The van der Waals surface area contributed by atoms with E-state index in [0.29, 0.717) is 26.1 Å². The van der Waals surface area contributed by atoms with E-state index in [-0.39, 0.29) is 17.4 Å². The van der Waals surface area contributed by atoms with Crippen molar-refractivity contribution in [2.75, 3.05) is 32.8 Å². The maximum Gasteiger partial charge on any atom is 0.256 e. The number of carbonyl (C=O) groups is 2. The minimum atomic E-state index is -0.515. The molecule has 32 heavy (non-hydrogen) atoms. The summed E-state index contributed by atoms with van der Waals surface area (Å²) < 4.78 is 20.4. The molecule has 0 spiro atoms. The number of ether oxygens (including phenoxy) is 1. The fourth-order valence-electron chi connectivity index (χ4n) is 4.83. The molecule has 170 valence electrons. The summed E-state index contributed by atoms with van der Waals surface area (Å²) in [5, 5.41) is 0. The van der Waals surface area contributed by atoms with Crippen LogP contribution in [-0.2, 0) is 4.79 Å². The van der Waals surface area contributed by atoms with Crippen molar-refractivity contribution in [2.45, 2.75) is 38.5 Å². The number of rotatable bonds is 6. The lowest BCUT2D eigenvalue weighted by atomic mass is 9.77. The molecule has 0 N–H and O–H groups in total. The Hall–Kier alpha value is -2.89. The maximum atomic E-state index is 14.3. The lowest BCUT2D eigenvalue weighted by Crippen LogP contribution is -2.51. The predicted molar refractivity (Wildman–Crippen MR) is 121 cm³/mol. The Kier molecular flexibility index (Phi) is 7.08. The van der Waals surface area contributed by atoms with Crippen molar-refractivity contribution in [3.63, 3.8) is 0 Å². The Bertz CT molecular complexity index is 930. The molecule has 0 bridgehead atoms. The average Bonchev–Trinajstić information content (AvgIpc) is 2.84. The van der Waals surface area contributed by atoms with Gasteiger partial charge in [0.15, 0.2) is 0 Å². The summed E-state index contributed by atoms with van der Waals surface area (Å²) >= 11 is 0. The molecule has 2 aromatic rings. The number of hydrogen-bond donors (Lipinski definition) is 0. The number of nitrogens with zero attached hydrogens (tertiary/aromatic N) is 2. The fourth-order valence-corrected chi connectivity index (χ4v) is 4.83. The molecule has 2 fully saturated rings. The smallest absolute Gasteiger partial charge is 0.256 e. The molecule has 0 radical (unpaired) electrons. The van der Waals surface area contributed by atoms with Gasteiger partial charge in [-0.05, 0) is 56.4 Å². The zero-order chi connectivity index (χ0) is 22.4. The molecule has 5 nitrogen and oxygen atoms in total. The van der Waals surface area contributed by atoms with E-state index < -0.39 is 11.2 Å². The monoisotopic (exact) mass is 438 g/mol. The molecule has 6 heteroatoms. The molecule has 2 aromatic carbocycles. The number of para-hydroxylation sites is 1. The maximum absolute atomic E-state index is 14.3. The highest BCUT2D eigenvalue weighted by Crippen LogP contribution is 2.36. The summed E-state index contributed by atoms with van der Waals surface area (Å²) in [7, 11) is 0. The molecule has 1 unspecified atom stereocenters. The number of hydrogen-bond acceptors (Lipinski definition) is 3. The number of carbonyl (C=O) groups excluding carboxylic acids is 2. The van der Waals surface area contributed by atoms with Crippen LogP contribution in [0.1, 0.15) is 48.9 Å². The van der Waals surface area contributed by atoms with Gasteiger partial charge in [0, 0.05) is 38.0 Å². The zero-order valence-electron chi connectivity index (χ0n) is 18.5. The van der Waals surface area contributed by atoms with Crippen molar-refractivity contribution in [2.24, 2.45) is 5.41 Å². The standard InChI is InChI=1S/C26H31FN2O3/c27-23-13-6-5-12-22(23)25(31)29-17-9-14-26(19-29,20-32-21-10-3-1-4-11-21)18-24(30)28-15-7-2-8-16-28/h1,3-6,10-13H,2,7-9,14-20H2. The Morgan fingerprint density at radius 2 is 1.56 bits per heavy atom. The predicted octanol–water partition coefficient (Wildman–Crippen LogP) is 4.53. The van der Waals surface area contributed by atoms with Gasteiger partial charge in [-0.1, -0.05) is 30.3 Å². The molecule has 0 aromatic heterocycles. The first-order valence-corrected chi connectivity index (χ1v) is 11.6. The number of likely N-dealkylation sites (tertiary alicyclic amines) is 2. The van der Waals surface area contributed by atoms with E-state index in [1.54, 1.807) is 17.0 Å². The summed E-state index contributed by atoms with van der Waals surface area (Å²) in [5.41, 5.74) is -0.418. The van der Waals surface area contributed by atoms with Crippen molar-refractivity contribution in [3.8, 4) is 5.75 Å². The van der Waals surface area contributed by atoms with Gasteiger partial charge in [-0.2, -0.15) is 0 Å². The normalized spacial score (nSPS) is 21.3. The van der Waals surface area contributed by atoms with Crippen LogP contribution in [0.2, 0.25) is 0 Å². The molecule has 2 saturated heterocycles.